The number of phosphoric acid groups is 2. The number of allylic oxidation sites excluding steroid dienone is 1. The molecule has 0 aromatic carbocycles. The smallest absolute Gasteiger partial charge is 0.455 e. The molecule has 10 atom stereocenters. The number of carbonyl (C=O) groups is 2. The lowest BCUT2D eigenvalue weighted by atomic mass is 10.1. The Morgan fingerprint density at radius 3 is 2.36 bits per heavy atom. The number of nitrogens with two attached hydrogens (primary N) is 2. The summed E-state index contributed by atoms with van der Waals surface area (Å²) in [6.45, 7) is 3.39. The minimum atomic E-state index is -5.41. The summed E-state index contributed by atoms with van der Waals surface area (Å²) in [6, 6.07) is -0.152. The number of fused-ring (bicyclic) bond motifs is 1. The van der Waals surface area contributed by atoms with Crippen molar-refractivity contribution in [2.75, 3.05) is 44.9 Å². The number of nitrogens with zero attached hydrogens (tertiary/aromatic N) is 7. The van der Waals surface area contributed by atoms with Crippen LogP contribution in [0.1, 0.15) is 38.6 Å². The van der Waals surface area contributed by atoms with Gasteiger partial charge in [-0.25, -0.2) is 33.7 Å². The highest BCUT2D eigenvalue weighted by Gasteiger charge is 2.52. The molecule has 3 aromatic rings. The van der Waals surface area contributed by atoms with Gasteiger partial charge in [-0.1, -0.05) is 13.0 Å². The van der Waals surface area contributed by atoms with Gasteiger partial charge < -0.3 is 60.2 Å². The molecule has 9 N–H and O–H groups in total. The fourth-order valence-corrected chi connectivity index (χ4v) is 7.41. The third kappa shape index (κ3) is 11.1. The maximum Gasteiger partial charge on any atom is 0.472 e. The molecule has 2 aliphatic rings. The van der Waals surface area contributed by atoms with Gasteiger partial charge in [-0.2, -0.15) is 4.98 Å². The fourth-order valence-electron chi connectivity index (χ4n) is 6.11. The highest BCUT2D eigenvalue weighted by molar-refractivity contribution is 7.47. The number of anilines is 2. The van der Waals surface area contributed by atoms with E-state index in [1.54, 1.807) is 0 Å². The second-order valence-electron chi connectivity index (χ2n) is 13.2. The number of hydrogen-bond acceptors (Lipinski definition) is 20. The molecule has 0 radical (unpaired) electrons. The number of likely N-dealkylation sites (N-methyl/N-ethyl adjacent to an activating group) is 1. The highest BCUT2D eigenvalue weighted by atomic mass is 31.2. The molecule has 3 aromatic heterocycles. The van der Waals surface area contributed by atoms with Gasteiger partial charge >= 0.3 is 27.3 Å². The van der Waals surface area contributed by atoms with Crippen molar-refractivity contribution < 1.29 is 76.1 Å². The predicted molar refractivity (Wildman–Crippen MR) is 198 cm³/mol. The number of ether oxygens (including phenoxy) is 4. The first-order valence-corrected chi connectivity index (χ1v) is 20.8. The molecule has 5 heterocycles. The van der Waals surface area contributed by atoms with Gasteiger partial charge in [0.15, 0.2) is 36.1 Å². The third-order valence-corrected chi connectivity index (χ3v) is 10.5. The third-order valence-electron chi connectivity index (χ3n) is 9.04. The lowest BCUT2D eigenvalue weighted by Crippen LogP contribution is -2.49. The first kappa shape index (κ1) is 45.8. The topological polar surface area (TPSA) is 368 Å². The largest absolute Gasteiger partial charge is 0.472 e. The van der Waals surface area contributed by atoms with Crippen molar-refractivity contribution >= 4 is 50.3 Å². The average molecular weight is 878 g/mol. The number of nitrogen functional groups attached to an aromatic ring is 2. The molecule has 2 fully saturated rings. The SMILES string of the molecule is C=CCCC(=O)N(C)C(COCCC)C(=O)O[C@H]1[C@@H](O)[C@H](n2cnc3c(N)ncnc32)O[C@@H]1COP(=O)(O)O[C@H]1[C@@H](O)[C@H](n2ccc(N)nc2=O)O[C@@H]1COP(=O)(O)O. The van der Waals surface area contributed by atoms with E-state index in [1.165, 1.54) is 30.1 Å². The summed E-state index contributed by atoms with van der Waals surface area (Å²) in [6.07, 6.45) is -7.97. The fraction of sp³-hybridized carbons (Fsp3) is 0.581. The van der Waals surface area contributed by atoms with E-state index in [4.69, 9.17) is 39.5 Å². The molecule has 2 saturated heterocycles. The van der Waals surface area contributed by atoms with Crippen LogP contribution < -0.4 is 17.2 Å². The van der Waals surface area contributed by atoms with Gasteiger partial charge in [0.25, 0.3) is 0 Å². The summed E-state index contributed by atoms with van der Waals surface area (Å²) in [4.78, 5) is 85.6. The van der Waals surface area contributed by atoms with Gasteiger partial charge in [0.1, 0.15) is 48.2 Å². The molecule has 0 bridgehead atoms. The zero-order valence-corrected chi connectivity index (χ0v) is 33.3. The van der Waals surface area contributed by atoms with Crippen LogP contribution in [0.5, 0.6) is 0 Å². The van der Waals surface area contributed by atoms with Crippen molar-refractivity contribution in [1.82, 2.24) is 34.0 Å². The van der Waals surface area contributed by atoms with Gasteiger partial charge in [-0.3, -0.25) is 27.5 Å². The summed E-state index contributed by atoms with van der Waals surface area (Å²) in [5.41, 5.74) is 10.7. The van der Waals surface area contributed by atoms with Crippen molar-refractivity contribution in [3.8, 4) is 0 Å². The molecule has 0 saturated carbocycles. The van der Waals surface area contributed by atoms with E-state index in [0.29, 0.717) is 12.8 Å². The van der Waals surface area contributed by atoms with E-state index >= 15 is 0 Å². The summed E-state index contributed by atoms with van der Waals surface area (Å²) in [5.74, 6) is -1.69. The van der Waals surface area contributed by atoms with Crippen LogP contribution in [0.25, 0.3) is 11.2 Å². The summed E-state index contributed by atoms with van der Waals surface area (Å²) in [5, 5.41) is 22.8. The molecule has 26 nitrogen and oxygen atoms in total. The number of aliphatic hydroxyl groups excluding tert-OH is 2. The van der Waals surface area contributed by atoms with Crippen LogP contribution in [0, 0.1) is 0 Å². The second-order valence-corrected chi connectivity index (χ2v) is 15.8. The van der Waals surface area contributed by atoms with E-state index in [0.717, 1.165) is 22.0 Å². The van der Waals surface area contributed by atoms with E-state index in [9.17, 15) is 48.4 Å². The van der Waals surface area contributed by atoms with Gasteiger partial charge in [-0.05, 0) is 18.9 Å². The van der Waals surface area contributed by atoms with E-state index in [1.807, 2.05) is 6.92 Å². The molecule has 59 heavy (non-hydrogen) atoms. The monoisotopic (exact) mass is 877 g/mol. The predicted octanol–water partition coefficient (Wildman–Crippen LogP) is -1.49. The number of rotatable bonds is 20. The number of amides is 1. The molecule has 5 rings (SSSR count). The van der Waals surface area contributed by atoms with Crippen LogP contribution in [0.15, 0.2) is 42.4 Å². The van der Waals surface area contributed by atoms with Crippen molar-refractivity contribution in [3.63, 3.8) is 0 Å². The number of hydrogen-bond donors (Lipinski definition) is 7. The molecule has 1 amide bonds. The number of carbonyl (C=O) groups excluding carboxylic acids is 2. The van der Waals surface area contributed by atoms with Crippen LogP contribution in [-0.2, 0) is 51.2 Å². The highest BCUT2D eigenvalue weighted by Crippen LogP contribution is 2.50. The van der Waals surface area contributed by atoms with Crippen LogP contribution in [0.2, 0.25) is 0 Å². The van der Waals surface area contributed by atoms with Crippen molar-refractivity contribution in [3.05, 3.63) is 48.1 Å². The second kappa shape index (κ2) is 19.4. The molecule has 326 valence electrons. The van der Waals surface area contributed by atoms with Gasteiger partial charge in [0.05, 0.1) is 26.1 Å². The lowest BCUT2D eigenvalue weighted by Gasteiger charge is -2.29. The van der Waals surface area contributed by atoms with E-state index < -0.39 is 102 Å². The zero-order chi connectivity index (χ0) is 43.2. The first-order valence-electron chi connectivity index (χ1n) is 17.8. The Hall–Kier alpha value is -4.27. The summed E-state index contributed by atoms with van der Waals surface area (Å²) >= 11 is 0. The Bertz CT molecular complexity index is 2120. The zero-order valence-electron chi connectivity index (χ0n) is 31.6. The summed E-state index contributed by atoms with van der Waals surface area (Å²) < 4.78 is 64.9. The molecular formula is C31H45N9O17P2. The van der Waals surface area contributed by atoms with Crippen LogP contribution in [0.4, 0.5) is 11.6 Å². The minimum absolute atomic E-state index is 0.0103. The van der Waals surface area contributed by atoms with Gasteiger partial charge in [0.2, 0.25) is 5.91 Å². The van der Waals surface area contributed by atoms with Crippen LogP contribution in [0.3, 0.4) is 0 Å². The minimum Gasteiger partial charge on any atom is -0.455 e. The molecular weight excluding hydrogens is 832 g/mol. The maximum absolute atomic E-state index is 13.8. The van der Waals surface area contributed by atoms with Crippen molar-refractivity contribution in [2.24, 2.45) is 0 Å². The van der Waals surface area contributed by atoms with Crippen LogP contribution in [-0.4, -0.2) is 147 Å². The maximum atomic E-state index is 13.8. The number of imidazole rings is 1. The standard InChI is InChI=1S/C31H45N9O17P2/c1-4-6-7-20(41)38(3)16(11-51-10-5-2)30(44)56-24-17(54-29(22(24)42)40-15-36-21-26(33)34-14-35-27(21)40)13-53-59(49,50)57-25-18(12-52-58(46,47)48)55-28(23(25)43)39-9-8-19(32)37-31(39)45/h4,8-9,14-18,22-25,28-29,42-43H,1,5-7,10-13H2,2-3H3,(H,49,50)(H2,32,37,45)(H2,33,34,35)(H2,46,47,48)/t16?,17-,18-,22-,23-,24-,25-,28-,29-/m1/s1. The number of aromatic nitrogens is 6. The Kier molecular flexibility index (Phi) is 15.1. The van der Waals surface area contributed by atoms with Crippen molar-refractivity contribution in [1.29, 1.82) is 0 Å². The Labute approximate surface area is 334 Å². The Morgan fingerprint density at radius 1 is 1.03 bits per heavy atom. The first-order chi connectivity index (χ1) is 27.9. The van der Waals surface area contributed by atoms with Gasteiger partial charge in [0, 0.05) is 26.3 Å². The summed E-state index contributed by atoms with van der Waals surface area (Å²) in [7, 11) is -9.21. The van der Waals surface area contributed by atoms with E-state index in [-0.39, 0.29) is 42.4 Å². The molecule has 0 spiro atoms. The molecule has 2 aliphatic heterocycles. The van der Waals surface area contributed by atoms with E-state index in [2.05, 4.69) is 31.0 Å². The number of esters is 1. The Balaban J connectivity index is 1.40. The van der Waals surface area contributed by atoms with Crippen molar-refractivity contribution in [2.45, 2.75) is 81.3 Å². The molecule has 2 unspecified atom stereocenters. The molecule has 0 aliphatic carbocycles. The number of aliphatic hydroxyl groups is 2. The van der Waals surface area contributed by atoms with Gasteiger partial charge in [-0.15, -0.1) is 6.58 Å². The average Bonchev–Trinajstić information content (AvgIpc) is 3.83. The normalized spacial score (nSPS) is 26.1. The van der Waals surface area contributed by atoms with Crippen LogP contribution >= 0.6 is 15.6 Å². The lowest BCUT2D eigenvalue weighted by molar-refractivity contribution is -0.167. The molecule has 28 heteroatoms. The Morgan fingerprint density at radius 2 is 1.69 bits per heavy atom. The quantitative estimate of drug-likeness (QED) is 0.0294. The number of phosphoric ester groups is 2.